The maximum absolute atomic E-state index is 4.70. The van der Waals surface area contributed by atoms with Gasteiger partial charge in [0.15, 0.2) is 0 Å². The Morgan fingerprint density at radius 1 is 0.714 bits per heavy atom. The summed E-state index contributed by atoms with van der Waals surface area (Å²) in [6.45, 7) is 0. The number of hydrogen-bond donors (Lipinski definition) is 1. The zero-order valence-electron chi connectivity index (χ0n) is 18.9. The van der Waals surface area contributed by atoms with Gasteiger partial charge in [-0.3, -0.25) is 5.43 Å². The van der Waals surface area contributed by atoms with Gasteiger partial charge in [0.25, 0.3) is 0 Å². The van der Waals surface area contributed by atoms with Crippen molar-refractivity contribution >= 4 is 33.6 Å². The highest BCUT2D eigenvalue weighted by Crippen LogP contribution is 2.35. The molecule has 0 saturated carbocycles. The fourth-order valence-corrected chi connectivity index (χ4v) is 5.01. The van der Waals surface area contributed by atoms with Gasteiger partial charge in [-0.15, -0.1) is 11.3 Å². The van der Waals surface area contributed by atoms with Crippen molar-refractivity contribution in [2.45, 2.75) is 0 Å². The van der Waals surface area contributed by atoms with Crippen molar-refractivity contribution in [3.8, 4) is 28.2 Å². The molecule has 2 aromatic heterocycles. The first-order valence-corrected chi connectivity index (χ1v) is 12.3. The Morgan fingerprint density at radius 2 is 1.34 bits per heavy atom. The van der Waals surface area contributed by atoms with E-state index in [9.17, 15) is 0 Å². The third-order valence-corrected chi connectivity index (χ3v) is 6.65. The molecule has 0 atom stereocenters. The largest absolute Gasteiger partial charge is 0.309 e. The molecular weight excluding hydrogens is 448 g/mol. The quantitative estimate of drug-likeness (QED) is 0.199. The van der Waals surface area contributed by atoms with Crippen LogP contribution in [-0.2, 0) is 0 Å². The van der Waals surface area contributed by atoms with Crippen LogP contribution in [0, 0.1) is 0 Å². The highest BCUT2D eigenvalue weighted by atomic mass is 32.1. The summed E-state index contributed by atoms with van der Waals surface area (Å²) < 4.78 is 2.31. The first-order chi connectivity index (χ1) is 17.4. The lowest BCUT2D eigenvalue weighted by molar-refractivity contribution is 1.13. The minimum absolute atomic E-state index is 0.758. The average molecular weight is 471 g/mol. The Labute approximate surface area is 207 Å². The summed E-state index contributed by atoms with van der Waals surface area (Å²) in [6, 6.07) is 39.6. The molecule has 0 radical (unpaired) electrons. The molecule has 35 heavy (non-hydrogen) atoms. The Balaban J connectivity index is 1.44. The number of nitrogens with zero attached hydrogens (tertiary/aromatic N) is 3. The molecule has 1 N–H and O–H groups in total. The summed E-state index contributed by atoms with van der Waals surface area (Å²) in [4.78, 5) is 4.70. The molecule has 168 valence electrons. The molecule has 0 aliphatic heterocycles. The standard InChI is InChI=1S/C30H22N4S/c1-4-12-22(13-5-1)27-21-35-30(32-27)33-31-20-26-25-18-10-11-19-28(25)34(24-16-8-3-9-17-24)29(26)23-14-6-2-7-15-23/h1-21H,(H,32,33). The molecule has 5 heteroatoms. The van der Waals surface area contributed by atoms with E-state index in [-0.39, 0.29) is 0 Å². The normalized spacial score (nSPS) is 11.3. The number of nitrogens with one attached hydrogen (secondary N) is 1. The molecule has 0 bridgehead atoms. The summed E-state index contributed by atoms with van der Waals surface area (Å²) in [5.74, 6) is 0. The number of benzene rings is 4. The van der Waals surface area contributed by atoms with Gasteiger partial charge in [0.05, 0.1) is 23.1 Å². The van der Waals surface area contributed by atoms with Crippen molar-refractivity contribution in [1.29, 1.82) is 0 Å². The van der Waals surface area contributed by atoms with E-state index in [0.717, 1.165) is 49.8 Å². The minimum atomic E-state index is 0.758. The highest BCUT2D eigenvalue weighted by molar-refractivity contribution is 7.14. The van der Waals surface area contributed by atoms with Gasteiger partial charge in [-0.05, 0) is 23.8 Å². The predicted octanol–water partition coefficient (Wildman–Crippen LogP) is 7.87. The Kier molecular flexibility index (Phi) is 5.67. The first-order valence-electron chi connectivity index (χ1n) is 11.4. The van der Waals surface area contributed by atoms with Crippen LogP contribution >= 0.6 is 11.3 Å². The van der Waals surface area contributed by atoms with E-state index in [1.807, 2.05) is 41.9 Å². The zero-order valence-corrected chi connectivity index (χ0v) is 19.7. The summed E-state index contributed by atoms with van der Waals surface area (Å²) >= 11 is 1.54. The molecule has 4 nitrogen and oxygen atoms in total. The van der Waals surface area contributed by atoms with Gasteiger partial charge in [-0.1, -0.05) is 97.1 Å². The Morgan fingerprint density at radius 3 is 2.09 bits per heavy atom. The van der Waals surface area contributed by atoms with E-state index in [1.165, 1.54) is 0 Å². The summed E-state index contributed by atoms with van der Waals surface area (Å²) in [6.07, 6.45) is 1.91. The number of hydrazone groups is 1. The van der Waals surface area contributed by atoms with Gasteiger partial charge in [0.1, 0.15) is 0 Å². The van der Waals surface area contributed by atoms with Crippen LogP contribution in [0.25, 0.3) is 39.1 Å². The van der Waals surface area contributed by atoms with E-state index < -0.39 is 0 Å². The fraction of sp³-hybridized carbons (Fsp3) is 0. The highest BCUT2D eigenvalue weighted by Gasteiger charge is 2.18. The monoisotopic (exact) mass is 470 g/mol. The SMILES string of the molecule is C(=NNc1nc(-c2ccccc2)cs1)c1c(-c2ccccc2)n(-c2ccccc2)c2ccccc12. The number of hydrogen-bond acceptors (Lipinski definition) is 4. The molecule has 6 rings (SSSR count). The number of anilines is 1. The molecule has 0 aliphatic carbocycles. The second kappa shape index (κ2) is 9.41. The second-order valence-electron chi connectivity index (χ2n) is 8.09. The van der Waals surface area contributed by atoms with Gasteiger partial charge in [-0.25, -0.2) is 4.98 Å². The van der Waals surface area contributed by atoms with Crippen molar-refractivity contribution in [2.75, 3.05) is 5.43 Å². The maximum atomic E-state index is 4.70. The predicted molar refractivity (Wildman–Crippen MR) is 147 cm³/mol. The fourth-order valence-electron chi connectivity index (χ4n) is 4.34. The smallest absolute Gasteiger partial charge is 0.203 e. The molecule has 4 aromatic carbocycles. The summed E-state index contributed by atoms with van der Waals surface area (Å²) in [5, 5.41) is 8.57. The number of fused-ring (bicyclic) bond motifs is 1. The average Bonchev–Trinajstić information content (AvgIpc) is 3.53. The van der Waals surface area contributed by atoms with Crippen LogP contribution in [-0.4, -0.2) is 15.8 Å². The zero-order chi connectivity index (χ0) is 23.5. The Bertz CT molecular complexity index is 1600. The summed E-state index contributed by atoms with van der Waals surface area (Å²) in [5.41, 5.74) is 10.7. The molecule has 6 aromatic rings. The number of para-hydroxylation sites is 2. The van der Waals surface area contributed by atoms with E-state index in [0.29, 0.717) is 0 Å². The third kappa shape index (κ3) is 4.14. The lowest BCUT2D eigenvalue weighted by Crippen LogP contribution is -1.98. The molecule has 2 heterocycles. The maximum Gasteiger partial charge on any atom is 0.203 e. The van der Waals surface area contributed by atoms with Crippen molar-refractivity contribution in [2.24, 2.45) is 5.10 Å². The van der Waals surface area contributed by atoms with Gasteiger partial charge in [0, 0.05) is 27.6 Å². The Hall–Kier alpha value is -4.48. The van der Waals surface area contributed by atoms with Crippen LogP contribution in [0.15, 0.2) is 126 Å². The van der Waals surface area contributed by atoms with Gasteiger partial charge >= 0.3 is 0 Å². The lowest BCUT2D eigenvalue weighted by Gasteiger charge is -2.12. The van der Waals surface area contributed by atoms with Gasteiger partial charge < -0.3 is 4.57 Å². The van der Waals surface area contributed by atoms with E-state index >= 15 is 0 Å². The minimum Gasteiger partial charge on any atom is -0.309 e. The van der Waals surface area contributed by atoms with E-state index in [4.69, 9.17) is 4.98 Å². The molecule has 0 saturated heterocycles. The van der Waals surface area contributed by atoms with Crippen molar-refractivity contribution < 1.29 is 0 Å². The summed E-state index contributed by atoms with van der Waals surface area (Å²) in [7, 11) is 0. The molecular formula is C30H22N4S. The van der Waals surface area contributed by atoms with Gasteiger partial charge in [-0.2, -0.15) is 5.10 Å². The number of thiazole rings is 1. The van der Waals surface area contributed by atoms with Crippen molar-refractivity contribution in [1.82, 2.24) is 9.55 Å². The molecule has 0 fully saturated rings. The van der Waals surface area contributed by atoms with Crippen LogP contribution in [0.2, 0.25) is 0 Å². The number of rotatable bonds is 6. The van der Waals surface area contributed by atoms with Crippen LogP contribution in [0.1, 0.15) is 5.56 Å². The molecule has 0 aliphatic rings. The lowest BCUT2D eigenvalue weighted by atomic mass is 10.1. The van der Waals surface area contributed by atoms with Crippen LogP contribution < -0.4 is 5.43 Å². The third-order valence-electron chi connectivity index (χ3n) is 5.90. The van der Waals surface area contributed by atoms with E-state index in [2.05, 4.69) is 100 Å². The van der Waals surface area contributed by atoms with Crippen LogP contribution in [0.5, 0.6) is 0 Å². The van der Waals surface area contributed by atoms with E-state index in [1.54, 1.807) is 11.3 Å². The number of aromatic nitrogens is 2. The van der Waals surface area contributed by atoms with Crippen LogP contribution in [0.4, 0.5) is 5.13 Å². The molecule has 0 unspecified atom stereocenters. The van der Waals surface area contributed by atoms with Crippen molar-refractivity contribution in [3.05, 3.63) is 126 Å². The van der Waals surface area contributed by atoms with Gasteiger partial charge in [0.2, 0.25) is 5.13 Å². The van der Waals surface area contributed by atoms with Crippen molar-refractivity contribution in [3.63, 3.8) is 0 Å². The van der Waals surface area contributed by atoms with Crippen LogP contribution in [0.3, 0.4) is 0 Å². The topological polar surface area (TPSA) is 42.2 Å². The first kappa shape index (κ1) is 21.1. The second-order valence-corrected chi connectivity index (χ2v) is 8.95. The molecule has 0 amide bonds. The molecule has 0 spiro atoms.